The Morgan fingerprint density at radius 2 is 1.89 bits per heavy atom. The molecule has 0 aliphatic heterocycles. The number of carbonyl (C=O) groups is 3. The summed E-state index contributed by atoms with van der Waals surface area (Å²) in [6, 6.07) is 7.95. The lowest BCUT2D eigenvalue weighted by atomic mass is 10.0. The maximum Gasteiger partial charge on any atom is 0.255 e. The molecule has 36 heavy (non-hydrogen) atoms. The van der Waals surface area contributed by atoms with Crippen LogP contribution in [0.2, 0.25) is 0 Å². The summed E-state index contributed by atoms with van der Waals surface area (Å²) in [7, 11) is -2.43. The molecule has 2 aromatic carbocycles. The van der Waals surface area contributed by atoms with E-state index in [2.05, 4.69) is 10.6 Å². The van der Waals surface area contributed by atoms with Crippen LogP contribution in [0.1, 0.15) is 41.6 Å². The van der Waals surface area contributed by atoms with Crippen molar-refractivity contribution in [1.82, 2.24) is 10.6 Å². The summed E-state index contributed by atoms with van der Waals surface area (Å²) >= 11 is 0. The number of nitrogens with zero attached hydrogens (tertiary/aromatic N) is 1. The van der Waals surface area contributed by atoms with Crippen LogP contribution in [0.3, 0.4) is 0 Å². The Morgan fingerprint density at radius 1 is 1.22 bits per heavy atom. The second-order valence-corrected chi connectivity index (χ2v) is 10.7. The number of nitrogens with one attached hydrogen (secondary N) is 2. The topological polar surface area (TPSA) is 126 Å². The van der Waals surface area contributed by atoms with Crippen LogP contribution >= 0.6 is 0 Å². The summed E-state index contributed by atoms with van der Waals surface area (Å²) in [6.07, 6.45) is 3.18. The van der Waals surface area contributed by atoms with Crippen LogP contribution in [0.15, 0.2) is 40.8 Å². The van der Waals surface area contributed by atoms with E-state index >= 15 is 0 Å². The maximum atomic E-state index is 13.5. The number of amides is 2. The number of carbonyl (C=O) groups excluding carboxylic acids is 3. The minimum absolute atomic E-state index is 0.0484. The Balaban J connectivity index is 1.91. The third kappa shape index (κ3) is 5.11. The molecule has 1 fully saturated rings. The molecule has 190 valence electrons. The lowest BCUT2D eigenvalue weighted by Gasteiger charge is -2.25. The molecule has 1 aromatic heterocycles. The molecule has 2 amide bonds. The maximum absolute atomic E-state index is 13.5. The molecule has 4 rings (SSSR count). The number of furan rings is 1. The van der Waals surface area contributed by atoms with Crippen LogP contribution in [0.5, 0.6) is 0 Å². The highest BCUT2D eigenvalue weighted by atomic mass is 32.2. The number of anilines is 1. The number of rotatable bonds is 9. The van der Waals surface area contributed by atoms with Crippen LogP contribution in [0.4, 0.5) is 10.1 Å². The van der Waals surface area contributed by atoms with Gasteiger partial charge in [-0.05, 0) is 61.6 Å². The Hall–Kier alpha value is -3.73. The smallest absolute Gasteiger partial charge is 0.255 e. The van der Waals surface area contributed by atoms with Crippen LogP contribution < -0.4 is 14.9 Å². The predicted octanol–water partition coefficient (Wildman–Crippen LogP) is 2.95. The fraction of sp³-hybridized carbons (Fsp3) is 0.320. The SMILES string of the molecule is CNC(=O)c1c(-c2ccc(F)cc2)oc2cc(N(CC(=O)NC(C)C=O)S(C)(=O)=O)c(C3CC3)cc12. The van der Waals surface area contributed by atoms with Gasteiger partial charge in [0.15, 0.2) is 0 Å². The van der Waals surface area contributed by atoms with E-state index in [9.17, 15) is 27.2 Å². The van der Waals surface area contributed by atoms with E-state index in [1.807, 2.05) is 0 Å². The average molecular weight is 516 g/mol. The monoisotopic (exact) mass is 515 g/mol. The second kappa shape index (κ2) is 9.73. The number of sulfonamides is 1. The van der Waals surface area contributed by atoms with Crippen molar-refractivity contribution in [2.45, 2.75) is 31.7 Å². The molecule has 3 aromatic rings. The highest BCUT2D eigenvalue weighted by molar-refractivity contribution is 7.92. The zero-order chi connectivity index (χ0) is 26.2. The van der Waals surface area contributed by atoms with Gasteiger partial charge in [0.25, 0.3) is 5.91 Å². The van der Waals surface area contributed by atoms with Crippen LogP contribution in [-0.4, -0.2) is 52.4 Å². The van der Waals surface area contributed by atoms with Crippen molar-refractivity contribution in [1.29, 1.82) is 0 Å². The zero-order valence-electron chi connectivity index (χ0n) is 20.0. The van der Waals surface area contributed by atoms with Crippen molar-refractivity contribution >= 4 is 44.8 Å². The standard InChI is InChI=1S/C25H26FN3O6S/c1-14(13-30)28-22(31)12-29(36(3,33)34)20-11-21-19(10-18(20)15-4-5-15)23(25(32)27-2)24(35-21)16-6-8-17(26)9-7-16/h6-11,13-15H,4-5,12H2,1-3H3,(H,27,32)(H,28,31). The van der Waals surface area contributed by atoms with Gasteiger partial charge in [0.05, 0.1) is 23.5 Å². The Labute approximate surface area is 207 Å². The molecule has 1 saturated carbocycles. The fourth-order valence-electron chi connectivity index (χ4n) is 4.09. The number of hydrogen-bond donors (Lipinski definition) is 2. The Morgan fingerprint density at radius 3 is 2.44 bits per heavy atom. The van der Waals surface area contributed by atoms with Crippen molar-refractivity contribution in [3.63, 3.8) is 0 Å². The number of benzene rings is 2. The van der Waals surface area contributed by atoms with Gasteiger partial charge in [-0.1, -0.05) is 0 Å². The molecule has 11 heteroatoms. The Kier molecular flexibility index (Phi) is 6.85. The van der Waals surface area contributed by atoms with Gasteiger partial charge in [-0.2, -0.15) is 0 Å². The average Bonchev–Trinajstić information content (AvgIpc) is 3.61. The summed E-state index contributed by atoms with van der Waals surface area (Å²) in [5, 5.41) is 5.52. The van der Waals surface area contributed by atoms with Crippen molar-refractivity contribution in [3.8, 4) is 11.3 Å². The highest BCUT2D eigenvalue weighted by Gasteiger charge is 2.34. The first kappa shape index (κ1) is 25.4. The van der Waals surface area contributed by atoms with Gasteiger partial charge < -0.3 is 19.8 Å². The van der Waals surface area contributed by atoms with E-state index in [-0.39, 0.29) is 28.5 Å². The molecule has 0 bridgehead atoms. The highest BCUT2D eigenvalue weighted by Crippen LogP contribution is 2.48. The van der Waals surface area contributed by atoms with E-state index in [0.717, 1.165) is 23.4 Å². The summed E-state index contributed by atoms with van der Waals surface area (Å²) in [5.74, 6) is -1.23. The molecular formula is C25H26FN3O6S. The van der Waals surface area contributed by atoms with Crippen LogP contribution in [0.25, 0.3) is 22.3 Å². The predicted molar refractivity (Wildman–Crippen MR) is 133 cm³/mol. The molecule has 1 aliphatic carbocycles. The lowest BCUT2D eigenvalue weighted by Crippen LogP contribution is -2.44. The van der Waals surface area contributed by atoms with Crippen molar-refractivity contribution in [3.05, 3.63) is 53.3 Å². The Bertz CT molecular complexity index is 1440. The molecule has 1 heterocycles. The van der Waals surface area contributed by atoms with Gasteiger partial charge in [-0.3, -0.25) is 13.9 Å². The minimum Gasteiger partial charge on any atom is -0.455 e. The van der Waals surface area contributed by atoms with Gasteiger partial charge >= 0.3 is 0 Å². The van der Waals surface area contributed by atoms with Gasteiger partial charge in [0, 0.05) is 24.1 Å². The number of fused-ring (bicyclic) bond motifs is 1. The van der Waals surface area contributed by atoms with Gasteiger partial charge in [0.1, 0.15) is 30.0 Å². The molecule has 9 nitrogen and oxygen atoms in total. The van der Waals surface area contributed by atoms with Gasteiger partial charge in [0.2, 0.25) is 15.9 Å². The van der Waals surface area contributed by atoms with Crippen molar-refractivity contribution in [2.75, 3.05) is 24.2 Å². The molecule has 0 saturated heterocycles. The van der Waals surface area contributed by atoms with E-state index in [1.54, 1.807) is 6.07 Å². The largest absolute Gasteiger partial charge is 0.455 e. The van der Waals surface area contributed by atoms with E-state index in [0.29, 0.717) is 22.8 Å². The van der Waals surface area contributed by atoms with E-state index < -0.39 is 40.2 Å². The summed E-state index contributed by atoms with van der Waals surface area (Å²) in [4.78, 5) is 36.3. The molecule has 0 radical (unpaired) electrons. The summed E-state index contributed by atoms with van der Waals surface area (Å²) < 4.78 is 46.1. The number of hydrogen-bond acceptors (Lipinski definition) is 6. The second-order valence-electron chi connectivity index (χ2n) is 8.84. The van der Waals surface area contributed by atoms with Crippen LogP contribution in [-0.2, 0) is 19.6 Å². The lowest BCUT2D eigenvalue weighted by molar-refractivity contribution is -0.122. The first-order valence-corrected chi connectivity index (χ1v) is 13.2. The molecule has 0 spiro atoms. The third-order valence-corrected chi connectivity index (χ3v) is 7.09. The normalized spacial score (nSPS) is 14.3. The molecular weight excluding hydrogens is 489 g/mol. The number of halogens is 1. The first-order chi connectivity index (χ1) is 17.0. The van der Waals surface area contributed by atoms with E-state index in [1.165, 1.54) is 44.3 Å². The fourth-order valence-corrected chi connectivity index (χ4v) is 4.95. The summed E-state index contributed by atoms with van der Waals surface area (Å²) in [6.45, 7) is 0.952. The molecule has 1 unspecified atom stereocenters. The van der Waals surface area contributed by atoms with Crippen LogP contribution in [0, 0.1) is 5.82 Å². The molecule has 2 N–H and O–H groups in total. The van der Waals surface area contributed by atoms with Crippen molar-refractivity contribution in [2.24, 2.45) is 0 Å². The molecule has 1 aliphatic rings. The third-order valence-electron chi connectivity index (χ3n) is 5.96. The summed E-state index contributed by atoms with van der Waals surface area (Å²) in [5.41, 5.74) is 1.90. The minimum atomic E-state index is -3.91. The van der Waals surface area contributed by atoms with Gasteiger partial charge in [-0.25, -0.2) is 12.8 Å². The van der Waals surface area contributed by atoms with Gasteiger partial charge in [-0.15, -0.1) is 0 Å². The number of aldehydes is 1. The zero-order valence-corrected chi connectivity index (χ0v) is 20.8. The quantitative estimate of drug-likeness (QED) is 0.422. The molecule has 1 atom stereocenters. The van der Waals surface area contributed by atoms with E-state index in [4.69, 9.17) is 4.42 Å². The first-order valence-electron chi connectivity index (χ1n) is 11.3. The van der Waals surface area contributed by atoms with Crippen molar-refractivity contribution < 1.29 is 31.6 Å².